The van der Waals surface area contributed by atoms with Crippen LogP contribution in [0.1, 0.15) is 89.2 Å². The van der Waals surface area contributed by atoms with E-state index in [1.807, 2.05) is 44.2 Å². The summed E-state index contributed by atoms with van der Waals surface area (Å²) in [5, 5.41) is 14.7. The molecule has 3 aromatic carbocycles. The Balaban J connectivity index is 0.000000295. The summed E-state index contributed by atoms with van der Waals surface area (Å²) < 4.78 is 27.3. The van der Waals surface area contributed by atoms with Crippen LogP contribution in [0.3, 0.4) is 0 Å². The number of hydrogen-bond acceptors (Lipinski definition) is 17. The Labute approximate surface area is 543 Å². The van der Waals surface area contributed by atoms with Crippen LogP contribution in [-0.4, -0.2) is 209 Å². The lowest BCUT2D eigenvalue weighted by molar-refractivity contribution is -0.137. The number of aromatic nitrogens is 1. The molecule has 3 atom stereocenters. The first-order chi connectivity index (χ1) is 44.2. The van der Waals surface area contributed by atoms with Crippen molar-refractivity contribution in [3.8, 4) is 5.75 Å². The van der Waals surface area contributed by atoms with Crippen LogP contribution in [0.5, 0.6) is 5.75 Å². The number of alkyl halides is 1. The highest BCUT2D eigenvalue weighted by atomic mass is 35.5. The summed E-state index contributed by atoms with van der Waals surface area (Å²) in [6.07, 6.45) is 1.87. The lowest BCUT2D eigenvalue weighted by atomic mass is 9.95. The predicted octanol–water partition coefficient (Wildman–Crippen LogP) is 5.21. The number of furan rings is 1. The number of nitrogens with one attached hydrogen (secondary N) is 6. The van der Waals surface area contributed by atoms with Crippen LogP contribution >= 0.6 is 11.6 Å². The molecule has 8 N–H and O–H groups in total. The zero-order valence-corrected chi connectivity index (χ0v) is 54.7. The zero-order valence-electron chi connectivity index (χ0n) is 54.0. The number of nitrogens with two attached hydrogens (primary N) is 1. The molecule has 0 radical (unpaired) electrons. The predicted molar refractivity (Wildman–Crippen MR) is 346 cm³/mol. The minimum Gasteiger partial charge on any atom is -0.465 e. The van der Waals surface area contributed by atoms with Gasteiger partial charge < -0.3 is 75.4 Å². The van der Waals surface area contributed by atoms with Crippen molar-refractivity contribution in [1.29, 1.82) is 0 Å². The van der Waals surface area contributed by atoms with E-state index < -0.39 is 59.9 Å². The number of fused-ring (bicyclic) bond motifs is 4. The number of H-pyrrole nitrogens is 1. The molecule has 2 aromatic heterocycles. The van der Waals surface area contributed by atoms with Gasteiger partial charge in [0.05, 0.1) is 56.8 Å². The third-order valence-electron chi connectivity index (χ3n) is 15.2. The number of primary amides is 1. The van der Waals surface area contributed by atoms with Gasteiger partial charge in [-0.25, -0.2) is 19.2 Å². The van der Waals surface area contributed by atoms with Gasteiger partial charge in [-0.3, -0.25) is 43.4 Å². The number of carbonyl (C=O) groups excluding carboxylic acids is 11. The summed E-state index contributed by atoms with van der Waals surface area (Å²) in [6, 6.07) is 13.5. The van der Waals surface area contributed by atoms with E-state index >= 15 is 0 Å². The Bertz CT molecular complexity index is 3570. The number of methoxy groups -OCH3 is 1. The molecule has 7 rings (SSSR count). The third-order valence-corrected chi connectivity index (χ3v) is 15.5. The summed E-state index contributed by atoms with van der Waals surface area (Å²) in [7, 11) is 6.06. The van der Waals surface area contributed by atoms with Crippen LogP contribution in [-0.2, 0) is 43.0 Å². The number of esters is 1. The van der Waals surface area contributed by atoms with Gasteiger partial charge in [0.25, 0.3) is 17.7 Å². The minimum absolute atomic E-state index is 0.0776. The number of rotatable bonds is 29. The van der Waals surface area contributed by atoms with E-state index in [9.17, 15) is 52.7 Å². The standard InChI is InChI=1S/C32H35ClN4O8.C32H48N8O8/c1-7-43-31(40)35(4)10-11-36(5)32(41)45-23-14-21-26(27-25(30(39)42-6)18(3)34-28(23)27)20(15-33)16-37(21)29(38)24-13-19-12-17(2)8-9-22(19)44-24;1-21(2)29(31(46)37-24(6-5-14-35-32(33)47)30(45)36-23-9-7-22(3)8-10-23)38-26(42)20-39(4)16-13-25(41)34-15-18-48-19-17-40-27(43)11-12-28(40)44/h8-9,12-14,20,34H,7,10-11,15-16H2,1-6H3;7-12,21,24,29H,5-6,13-20H2,1-4H3,(H,34,41)(H,36,45)(H,37,46)(H,38,42)(H3,33,35,47)/t20-;24-,29-/m10/s1. The minimum atomic E-state index is -0.950. The maximum Gasteiger partial charge on any atom is 0.415 e. The second-order valence-electron chi connectivity index (χ2n) is 22.8. The highest BCUT2D eigenvalue weighted by molar-refractivity contribution is 6.20. The van der Waals surface area contributed by atoms with Gasteiger partial charge in [-0.15, -0.1) is 11.6 Å². The van der Waals surface area contributed by atoms with Gasteiger partial charge in [-0.1, -0.05) is 43.2 Å². The number of hydrogen-bond donors (Lipinski definition) is 7. The number of amides is 11. The van der Waals surface area contributed by atoms with Crippen molar-refractivity contribution in [1.82, 2.24) is 45.9 Å². The van der Waals surface area contributed by atoms with Gasteiger partial charge in [0.1, 0.15) is 17.7 Å². The number of nitrogens with zero attached hydrogens (tertiary/aromatic N) is 5. The van der Waals surface area contributed by atoms with E-state index in [-0.39, 0.29) is 138 Å². The number of anilines is 2. The molecule has 0 bridgehead atoms. The highest BCUT2D eigenvalue weighted by Gasteiger charge is 2.39. The average Bonchev–Trinajstić information content (AvgIpc) is 1.58. The van der Waals surface area contributed by atoms with E-state index in [2.05, 4.69) is 31.6 Å². The quantitative estimate of drug-likeness (QED) is 0.0140. The number of halogens is 1. The molecule has 5 aromatic rings. The van der Waals surface area contributed by atoms with Crippen LogP contribution < -0.4 is 42.0 Å². The van der Waals surface area contributed by atoms with Crippen LogP contribution in [0.4, 0.5) is 25.8 Å². The molecule has 0 aliphatic carbocycles. The van der Waals surface area contributed by atoms with Crippen LogP contribution in [0.2, 0.25) is 0 Å². The molecular formula is C64H83ClN12O16. The van der Waals surface area contributed by atoms with Gasteiger partial charge >= 0.3 is 24.2 Å². The Morgan fingerprint density at radius 3 is 2.14 bits per heavy atom. The lowest BCUT2D eigenvalue weighted by Gasteiger charge is -2.26. The van der Waals surface area contributed by atoms with Crippen LogP contribution in [0.25, 0.3) is 21.9 Å². The van der Waals surface area contributed by atoms with Gasteiger partial charge in [0.2, 0.25) is 23.6 Å². The first-order valence-electron chi connectivity index (χ1n) is 30.3. The van der Waals surface area contributed by atoms with Gasteiger partial charge in [-0.2, -0.15) is 0 Å². The van der Waals surface area contributed by atoms with Crippen LogP contribution in [0.15, 0.2) is 71.2 Å². The molecule has 2 aliphatic rings. The summed E-state index contributed by atoms with van der Waals surface area (Å²) >= 11 is 6.46. The van der Waals surface area contributed by atoms with Gasteiger partial charge in [-0.05, 0) is 89.4 Å². The molecule has 11 amide bonds. The molecule has 29 heteroatoms. The van der Waals surface area contributed by atoms with E-state index in [0.29, 0.717) is 45.5 Å². The number of aromatic amines is 1. The first kappa shape index (κ1) is 72.5. The summed E-state index contributed by atoms with van der Waals surface area (Å²) in [5.41, 5.74) is 10.5. The number of urea groups is 1. The highest BCUT2D eigenvalue weighted by Crippen LogP contribution is 2.48. The fraction of sp³-hybridized carbons (Fsp3) is 0.453. The van der Waals surface area contributed by atoms with Gasteiger partial charge in [0, 0.05) is 112 Å². The number of carbonyl (C=O) groups is 11. The van der Waals surface area contributed by atoms with Gasteiger partial charge in [0.15, 0.2) is 11.5 Å². The van der Waals surface area contributed by atoms with Crippen molar-refractivity contribution in [3.63, 3.8) is 0 Å². The molecule has 28 nitrogen and oxygen atoms in total. The third kappa shape index (κ3) is 20.0. The number of likely N-dealkylation sites (N-methyl/N-ethyl adjacent to an activating group) is 3. The number of aryl methyl sites for hydroxylation is 3. The normalized spacial score (nSPS) is 13.9. The molecule has 0 fully saturated rings. The summed E-state index contributed by atoms with van der Waals surface area (Å²) in [4.78, 5) is 148. The zero-order chi connectivity index (χ0) is 68.2. The fourth-order valence-electron chi connectivity index (χ4n) is 10.1. The Hall–Kier alpha value is -9.54. The topological polar surface area (TPSA) is 356 Å². The maximum absolute atomic E-state index is 14.0. The molecule has 0 saturated carbocycles. The van der Waals surface area contributed by atoms with Crippen molar-refractivity contribution in [2.24, 2.45) is 11.7 Å². The van der Waals surface area contributed by atoms with E-state index in [0.717, 1.165) is 21.4 Å². The van der Waals surface area contributed by atoms with Crippen molar-refractivity contribution in [3.05, 3.63) is 100 Å². The molecule has 0 saturated heterocycles. The molecule has 4 heterocycles. The number of imide groups is 1. The number of benzene rings is 3. The lowest BCUT2D eigenvalue weighted by Crippen LogP contribution is -2.55. The fourth-order valence-corrected chi connectivity index (χ4v) is 10.4. The maximum atomic E-state index is 14.0. The number of ether oxygens (including phenoxy) is 4. The van der Waals surface area contributed by atoms with E-state index in [1.165, 1.54) is 41.0 Å². The monoisotopic (exact) mass is 1310 g/mol. The average molecular weight is 1310 g/mol. The van der Waals surface area contributed by atoms with Crippen LogP contribution in [0, 0.1) is 26.7 Å². The molecule has 2 aliphatic heterocycles. The van der Waals surface area contributed by atoms with E-state index in [1.54, 1.807) is 71.0 Å². The first-order valence-corrected chi connectivity index (χ1v) is 30.8. The molecule has 0 unspecified atom stereocenters. The van der Waals surface area contributed by atoms with Crippen molar-refractivity contribution in [2.45, 2.75) is 78.8 Å². The SMILES string of the molecule is CCOC(=O)N(C)CCN(C)C(=O)Oc1cc2c(c3c(C(=O)OC)c(C)[nH]c13)[C@H](CCl)CN2C(=O)c1cc2cc(C)ccc2o1.Cc1ccc(NC(=O)[C@H](CCCNC(N)=O)NC(=O)[C@@H](NC(=O)CN(C)CCC(=O)NCCOCCN2C(=O)C=CC2=O)C(C)C)cc1. The summed E-state index contributed by atoms with van der Waals surface area (Å²) in [6.45, 7) is 12.8. The van der Waals surface area contributed by atoms with Crippen molar-refractivity contribution >= 4 is 110 Å². The van der Waals surface area contributed by atoms with Crippen molar-refractivity contribution < 1.29 is 76.1 Å². The summed E-state index contributed by atoms with van der Waals surface area (Å²) in [5.74, 6) is -3.67. The second kappa shape index (κ2) is 34.2. The molecule has 93 heavy (non-hydrogen) atoms. The largest absolute Gasteiger partial charge is 0.465 e. The van der Waals surface area contributed by atoms with Crippen molar-refractivity contribution in [2.75, 3.05) is 117 Å². The van der Waals surface area contributed by atoms with E-state index in [4.69, 9.17) is 40.7 Å². The Morgan fingerprint density at radius 1 is 0.817 bits per heavy atom. The molecular weight excluding hydrogens is 1230 g/mol. The Kier molecular flexibility index (Phi) is 26.7. The second-order valence-corrected chi connectivity index (χ2v) is 23.1. The molecule has 0 spiro atoms. The smallest absolute Gasteiger partial charge is 0.415 e. The Morgan fingerprint density at radius 2 is 1.49 bits per heavy atom. The molecule has 502 valence electrons.